The number of aryl methyl sites for hydroxylation is 1. The summed E-state index contributed by atoms with van der Waals surface area (Å²) in [6, 6.07) is 15.1. The van der Waals surface area contributed by atoms with Gasteiger partial charge >= 0.3 is 49.4 Å². The fraction of sp³-hybridized carbons (Fsp3) is 0.250. The summed E-state index contributed by atoms with van der Waals surface area (Å²) < 4.78 is 343. The average molecular weight is 1140 g/mol. The number of alkyl halides is 24. The molecule has 0 saturated carbocycles. The molecule has 0 N–H and O–H groups in total. The van der Waals surface area contributed by atoms with Crippen LogP contribution in [-0.2, 0) is 62.4 Å². The van der Waals surface area contributed by atoms with Crippen LogP contribution in [0.3, 0.4) is 0 Å². The third kappa shape index (κ3) is 13.7. The molecule has 0 bridgehead atoms. The Kier molecular flexibility index (Phi) is 16.6. The van der Waals surface area contributed by atoms with Gasteiger partial charge in [-0.25, -0.2) is 0 Å². The van der Waals surface area contributed by atoms with Crippen LogP contribution in [0.1, 0.15) is 75.5 Å². The predicted molar refractivity (Wildman–Crippen MR) is 238 cm³/mol. The second-order valence-corrected chi connectivity index (χ2v) is 17.8. The Labute approximate surface area is 425 Å². The van der Waals surface area contributed by atoms with Gasteiger partial charge in [0.25, 0.3) is 0 Å². The number of pyridine rings is 1. The van der Waals surface area contributed by atoms with Crippen molar-refractivity contribution in [2.75, 3.05) is 0 Å². The fourth-order valence-corrected chi connectivity index (χ4v) is 8.90. The van der Waals surface area contributed by atoms with Crippen molar-refractivity contribution in [2.45, 2.75) is 82.1 Å². The normalized spacial score (nSPS) is 13.4. The van der Waals surface area contributed by atoms with Gasteiger partial charge in [-0.3, -0.25) is 0 Å². The lowest BCUT2D eigenvalue weighted by atomic mass is 9.12. The van der Waals surface area contributed by atoms with Crippen LogP contribution >= 0.6 is 0 Å². The van der Waals surface area contributed by atoms with Gasteiger partial charge in [-0.15, -0.1) is 0 Å². The van der Waals surface area contributed by atoms with E-state index in [2.05, 4.69) is 78.2 Å². The number of benzene rings is 6. The van der Waals surface area contributed by atoms with Crippen LogP contribution in [0.4, 0.5) is 105 Å². The molecule has 7 rings (SSSR count). The molecule has 0 aliphatic rings. The number of halogens is 24. The number of hydrogen-bond donors (Lipinski definition) is 0. The van der Waals surface area contributed by atoms with E-state index in [0.29, 0.717) is 0 Å². The highest BCUT2D eigenvalue weighted by molar-refractivity contribution is 7.20. The minimum Gasteiger partial charge on any atom is -0.194 e. The zero-order valence-electron chi connectivity index (χ0n) is 39.2. The zero-order valence-corrected chi connectivity index (χ0v) is 39.2. The smallest absolute Gasteiger partial charge is 0.194 e. The predicted octanol–water partition coefficient (Wildman–Crippen LogP) is 15.7. The van der Waals surface area contributed by atoms with E-state index in [1.165, 1.54) is 35.0 Å². The molecule has 0 radical (unpaired) electrons. The molecule has 7 aromatic rings. The van der Waals surface area contributed by atoms with E-state index >= 15 is 0 Å². The maximum atomic E-state index is 14.2. The molecule has 0 amide bonds. The number of fused-ring (bicyclic) bond motifs is 1. The quantitative estimate of drug-likeness (QED) is 0.0771. The Morgan fingerprint density at radius 2 is 0.615 bits per heavy atom. The molecule has 0 aliphatic heterocycles. The molecule has 0 fully saturated rings. The van der Waals surface area contributed by atoms with Crippen LogP contribution in [-0.4, -0.2) is 6.15 Å². The molecule has 0 spiro atoms. The highest BCUT2D eigenvalue weighted by atomic mass is 19.4. The van der Waals surface area contributed by atoms with Crippen molar-refractivity contribution in [1.29, 1.82) is 0 Å². The number of aromatic nitrogens is 1. The first-order valence-corrected chi connectivity index (χ1v) is 22.4. The van der Waals surface area contributed by atoms with Gasteiger partial charge < -0.3 is 0 Å². The Morgan fingerprint density at radius 1 is 0.333 bits per heavy atom. The molecule has 0 aliphatic carbocycles. The topological polar surface area (TPSA) is 3.88 Å². The van der Waals surface area contributed by atoms with Crippen LogP contribution in [0, 0.1) is 0 Å². The van der Waals surface area contributed by atoms with Gasteiger partial charge in [0.1, 0.15) is 6.15 Å². The van der Waals surface area contributed by atoms with Crippen molar-refractivity contribution >= 4 is 38.9 Å². The molecule has 1 aromatic heterocycles. The average Bonchev–Trinajstić information content (AvgIpc) is 3.46. The fourth-order valence-electron chi connectivity index (χ4n) is 8.90. The number of para-hydroxylation sites is 1. The summed E-state index contributed by atoms with van der Waals surface area (Å²) in [5.41, 5.74) is -26.1. The SMILES string of the molecule is CCCCc1ccc2ccccc2[n+]1Cc1ccccc1.FC(F)(F)c1cc([B-](c2cc(C(F)(F)F)cc(C(F)(F)F)c2)(c2cc(C(F)(F)F)cc(C(F)(F)F)c2)c2cc(C(F)(F)F)cc(C(F)(F)F)c2)cc(C(F)(F)F)c1. The summed E-state index contributed by atoms with van der Waals surface area (Å²) >= 11 is 0. The summed E-state index contributed by atoms with van der Waals surface area (Å²) in [6.45, 7) is 3.20. The molecule has 6 aromatic carbocycles. The van der Waals surface area contributed by atoms with Crippen molar-refractivity contribution in [1.82, 2.24) is 0 Å². The molecular formula is C52H34BF24N. The van der Waals surface area contributed by atoms with E-state index in [1.807, 2.05) is 0 Å². The van der Waals surface area contributed by atoms with Crippen LogP contribution in [0.15, 0.2) is 140 Å². The molecular weight excluding hydrogens is 1110 g/mol. The second-order valence-electron chi connectivity index (χ2n) is 17.8. The molecule has 0 unspecified atom stereocenters. The van der Waals surface area contributed by atoms with Gasteiger partial charge in [-0.1, -0.05) is 104 Å². The first-order valence-electron chi connectivity index (χ1n) is 22.4. The van der Waals surface area contributed by atoms with Crippen LogP contribution < -0.4 is 26.4 Å². The van der Waals surface area contributed by atoms with Crippen molar-refractivity contribution < 1.29 is 110 Å². The standard InChI is InChI=1S/C32H12BF24.C20H22N/c34-25(35,36)13-1-14(26(37,38)39)6-21(5-13)33(22-7-15(27(40,41)42)2-16(8-22)28(43,44)45,23-9-17(29(46,47)48)3-18(10-23)30(49,50)51)24-11-19(31(52,53)54)4-20(12-24)32(55,56)57;1-2-3-12-19-15-14-18-11-7-8-13-20(18)21(19)16-17-9-5-4-6-10-17/h1-12H;4-11,13-15H,2-3,12,16H2,1H3/q-1;+1. The number of hydrogen-bond acceptors (Lipinski definition) is 0. The third-order valence-electron chi connectivity index (χ3n) is 12.4. The number of nitrogens with zero attached hydrogens (tertiary/aromatic N) is 1. The minimum absolute atomic E-state index is 0.691. The van der Waals surface area contributed by atoms with Crippen molar-refractivity contribution in [3.8, 4) is 0 Å². The first-order chi connectivity index (χ1) is 35.6. The van der Waals surface area contributed by atoms with Crippen molar-refractivity contribution in [3.63, 3.8) is 0 Å². The van der Waals surface area contributed by atoms with Gasteiger partial charge in [-0.2, -0.15) is 132 Å². The molecule has 0 saturated heterocycles. The Bertz CT molecular complexity index is 2810. The van der Waals surface area contributed by atoms with Crippen molar-refractivity contribution in [3.05, 3.63) is 195 Å². The van der Waals surface area contributed by atoms with Crippen LogP contribution in [0.2, 0.25) is 0 Å². The van der Waals surface area contributed by atoms with E-state index in [9.17, 15) is 105 Å². The summed E-state index contributed by atoms with van der Waals surface area (Å²) in [7, 11) is 0. The molecule has 26 heteroatoms. The van der Waals surface area contributed by atoms with Crippen LogP contribution in [0.25, 0.3) is 10.9 Å². The molecule has 78 heavy (non-hydrogen) atoms. The third-order valence-corrected chi connectivity index (χ3v) is 12.4. The molecule has 1 nitrogen and oxygen atoms in total. The number of unbranched alkanes of at least 4 members (excludes halogenated alkanes) is 1. The lowest BCUT2D eigenvalue weighted by molar-refractivity contribution is -0.670. The Balaban J connectivity index is 0.000000387. The largest absolute Gasteiger partial charge is 0.416 e. The molecule has 1 heterocycles. The van der Waals surface area contributed by atoms with E-state index in [-0.39, 0.29) is 0 Å². The second kappa shape index (κ2) is 21.4. The lowest BCUT2D eigenvalue weighted by Crippen LogP contribution is -2.75. The van der Waals surface area contributed by atoms with E-state index in [4.69, 9.17) is 0 Å². The highest BCUT2D eigenvalue weighted by Gasteiger charge is 2.47. The Morgan fingerprint density at radius 3 is 0.897 bits per heavy atom. The van der Waals surface area contributed by atoms with Gasteiger partial charge in [0.05, 0.1) is 44.5 Å². The maximum Gasteiger partial charge on any atom is 0.416 e. The van der Waals surface area contributed by atoms with E-state index in [0.717, 1.165) is 13.0 Å². The maximum absolute atomic E-state index is 14.2. The summed E-state index contributed by atoms with van der Waals surface area (Å²) in [5.74, 6) is 0. The van der Waals surface area contributed by atoms with Gasteiger partial charge in [-0.05, 0) is 42.8 Å². The minimum atomic E-state index is -6.13. The summed E-state index contributed by atoms with van der Waals surface area (Å²) in [4.78, 5) is 0. The summed E-state index contributed by atoms with van der Waals surface area (Å²) in [6.07, 6.45) is -51.2. The van der Waals surface area contributed by atoms with E-state index < -0.39 is 195 Å². The monoisotopic (exact) mass is 1140 g/mol. The van der Waals surface area contributed by atoms with Gasteiger partial charge in [0.2, 0.25) is 5.52 Å². The van der Waals surface area contributed by atoms with E-state index in [1.54, 1.807) is 0 Å². The zero-order chi connectivity index (χ0) is 58.4. The number of rotatable bonds is 9. The summed E-state index contributed by atoms with van der Waals surface area (Å²) in [5, 5.41) is 1.31. The van der Waals surface area contributed by atoms with Gasteiger partial charge in [0.15, 0.2) is 12.2 Å². The van der Waals surface area contributed by atoms with Crippen molar-refractivity contribution in [2.24, 2.45) is 0 Å². The van der Waals surface area contributed by atoms with Crippen LogP contribution in [0.5, 0.6) is 0 Å². The molecule has 0 atom stereocenters. The van der Waals surface area contributed by atoms with Gasteiger partial charge in [0, 0.05) is 29.5 Å². The first kappa shape index (κ1) is 60.3. The highest BCUT2D eigenvalue weighted by Crippen LogP contribution is 2.41. The molecule has 418 valence electrons. The lowest BCUT2D eigenvalue weighted by Gasteiger charge is -2.46. The Hall–Kier alpha value is -6.89.